The van der Waals surface area contributed by atoms with Gasteiger partial charge in [-0.25, -0.2) is 0 Å². The Morgan fingerprint density at radius 3 is 1.79 bits per heavy atom. The fourth-order valence-corrected chi connectivity index (χ4v) is 0.475. The maximum Gasteiger partial charge on any atom is 0.418 e. The average Bonchev–Trinajstić information content (AvgIpc) is 1.80. The van der Waals surface area contributed by atoms with Gasteiger partial charge in [0.1, 0.15) is 0 Å². The molecule has 0 aliphatic heterocycles. The van der Waals surface area contributed by atoms with Crippen molar-refractivity contribution in [2.24, 2.45) is 10.2 Å². The zero-order valence-electron chi connectivity index (χ0n) is 8.68. The molecular weight excluding hydrogens is 197 g/mol. The second-order valence-corrected chi connectivity index (χ2v) is 4.34. The highest BCUT2D eigenvalue weighted by molar-refractivity contribution is 4.83. The van der Waals surface area contributed by atoms with E-state index >= 15 is 0 Å². The Kier molecular flexibility index (Phi) is 3.66. The molecule has 14 heavy (non-hydrogen) atoms. The van der Waals surface area contributed by atoms with Crippen molar-refractivity contribution >= 4 is 0 Å². The second kappa shape index (κ2) is 3.84. The van der Waals surface area contributed by atoms with Gasteiger partial charge in [-0.3, -0.25) is 0 Å². The van der Waals surface area contributed by atoms with Crippen molar-refractivity contribution in [3.8, 4) is 0 Å². The van der Waals surface area contributed by atoms with Crippen LogP contribution in [-0.2, 0) is 0 Å². The van der Waals surface area contributed by atoms with Crippen LogP contribution in [0.2, 0.25) is 0 Å². The summed E-state index contributed by atoms with van der Waals surface area (Å²) in [5, 5.41) is 15.9. The van der Waals surface area contributed by atoms with Gasteiger partial charge in [-0.05, 0) is 27.7 Å². The highest BCUT2D eigenvalue weighted by Crippen LogP contribution is 2.30. The first-order valence-electron chi connectivity index (χ1n) is 4.13. The molecule has 84 valence electrons. The van der Waals surface area contributed by atoms with E-state index < -0.39 is 23.9 Å². The summed E-state index contributed by atoms with van der Waals surface area (Å²) in [6, 6.07) is 0. The van der Waals surface area contributed by atoms with Gasteiger partial charge in [0.05, 0.1) is 12.1 Å². The van der Waals surface area contributed by atoms with Crippen LogP contribution in [-0.4, -0.2) is 29.0 Å². The largest absolute Gasteiger partial charge is 0.418 e. The van der Waals surface area contributed by atoms with E-state index in [1.165, 1.54) is 0 Å². The lowest BCUT2D eigenvalue weighted by Gasteiger charge is -2.23. The summed E-state index contributed by atoms with van der Waals surface area (Å²) >= 11 is 0. The van der Waals surface area contributed by atoms with Crippen molar-refractivity contribution in [2.75, 3.05) is 6.54 Å². The third kappa shape index (κ3) is 4.55. The molecule has 0 rings (SSSR count). The van der Waals surface area contributed by atoms with Gasteiger partial charge in [0.15, 0.2) is 5.60 Å². The molecule has 0 radical (unpaired) electrons. The van der Waals surface area contributed by atoms with Gasteiger partial charge in [0.25, 0.3) is 0 Å². The lowest BCUT2D eigenvalue weighted by Crippen LogP contribution is -2.44. The quantitative estimate of drug-likeness (QED) is 0.702. The van der Waals surface area contributed by atoms with Crippen LogP contribution >= 0.6 is 0 Å². The summed E-state index contributed by atoms with van der Waals surface area (Å²) in [5.41, 5.74) is -3.33. The molecule has 0 heterocycles. The molecule has 0 aromatic carbocycles. The molecule has 3 nitrogen and oxygen atoms in total. The first-order valence-corrected chi connectivity index (χ1v) is 4.13. The van der Waals surface area contributed by atoms with E-state index in [1.807, 2.05) is 0 Å². The van der Waals surface area contributed by atoms with Gasteiger partial charge in [-0.2, -0.15) is 23.4 Å². The van der Waals surface area contributed by atoms with E-state index in [9.17, 15) is 13.2 Å². The summed E-state index contributed by atoms with van der Waals surface area (Å²) < 4.78 is 36.3. The number of alkyl halides is 3. The van der Waals surface area contributed by atoms with Gasteiger partial charge >= 0.3 is 6.18 Å². The molecule has 6 heteroatoms. The Morgan fingerprint density at radius 2 is 1.50 bits per heavy atom. The molecule has 0 saturated carbocycles. The number of hydrogen-bond acceptors (Lipinski definition) is 3. The summed E-state index contributed by atoms with van der Waals surface area (Å²) in [4.78, 5) is 0. The van der Waals surface area contributed by atoms with Crippen molar-refractivity contribution in [1.29, 1.82) is 0 Å². The molecule has 0 aliphatic carbocycles. The maximum atomic E-state index is 12.1. The zero-order chi connectivity index (χ0) is 11.6. The Morgan fingerprint density at radius 1 is 1.07 bits per heavy atom. The third-order valence-corrected chi connectivity index (χ3v) is 1.36. The summed E-state index contributed by atoms with van der Waals surface area (Å²) in [7, 11) is 0. The summed E-state index contributed by atoms with van der Waals surface area (Å²) in [6.07, 6.45) is -4.68. The number of aliphatic hydroxyl groups is 1. The van der Waals surface area contributed by atoms with Crippen LogP contribution in [0.3, 0.4) is 0 Å². The lowest BCUT2D eigenvalue weighted by molar-refractivity contribution is -0.248. The van der Waals surface area contributed by atoms with E-state index in [4.69, 9.17) is 5.11 Å². The third-order valence-electron chi connectivity index (χ3n) is 1.36. The number of azo groups is 1. The number of rotatable bonds is 2. The van der Waals surface area contributed by atoms with Crippen molar-refractivity contribution in [1.82, 2.24) is 0 Å². The SMILES string of the molecule is CC(C)(C)N=NCC(C)(O)C(F)(F)F. The highest BCUT2D eigenvalue weighted by atomic mass is 19.4. The summed E-state index contributed by atoms with van der Waals surface area (Å²) in [6.45, 7) is 5.03. The number of nitrogens with zero attached hydrogens (tertiary/aromatic N) is 2. The second-order valence-electron chi connectivity index (χ2n) is 4.34. The molecule has 0 fully saturated rings. The van der Waals surface area contributed by atoms with Gasteiger partial charge in [-0.1, -0.05) is 0 Å². The molecule has 1 N–H and O–H groups in total. The van der Waals surface area contributed by atoms with Gasteiger partial charge in [-0.15, -0.1) is 0 Å². The molecule has 0 bridgehead atoms. The standard InChI is InChI=1S/C8H15F3N2O/c1-6(2,3)13-12-5-7(4,14)8(9,10)11/h14H,5H2,1-4H3. The van der Waals surface area contributed by atoms with Crippen molar-refractivity contribution in [3.63, 3.8) is 0 Å². The number of hydrogen-bond donors (Lipinski definition) is 1. The molecule has 0 aromatic heterocycles. The van der Waals surface area contributed by atoms with Crippen LogP contribution in [0.25, 0.3) is 0 Å². The predicted molar refractivity (Wildman–Crippen MR) is 46.2 cm³/mol. The van der Waals surface area contributed by atoms with E-state index in [2.05, 4.69) is 10.2 Å². The van der Waals surface area contributed by atoms with Crippen LogP contribution in [0.15, 0.2) is 10.2 Å². The predicted octanol–water partition coefficient (Wildman–Crippen LogP) is 2.55. The van der Waals surface area contributed by atoms with Crippen LogP contribution in [0.1, 0.15) is 27.7 Å². The Labute approximate surface area is 81.0 Å². The minimum Gasteiger partial charge on any atom is -0.379 e. The summed E-state index contributed by atoms with van der Waals surface area (Å²) in [5.74, 6) is 0. The topological polar surface area (TPSA) is 45.0 Å². The number of halogens is 3. The molecule has 0 spiro atoms. The monoisotopic (exact) mass is 212 g/mol. The van der Waals surface area contributed by atoms with Gasteiger partial charge < -0.3 is 5.11 Å². The minimum atomic E-state index is -4.68. The van der Waals surface area contributed by atoms with Crippen LogP contribution in [0, 0.1) is 0 Å². The molecule has 0 aliphatic rings. The normalized spacial score (nSPS) is 18.6. The Balaban J connectivity index is 4.34. The van der Waals surface area contributed by atoms with E-state index in [0.717, 1.165) is 0 Å². The van der Waals surface area contributed by atoms with Crippen molar-refractivity contribution < 1.29 is 18.3 Å². The van der Waals surface area contributed by atoms with Crippen LogP contribution < -0.4 is 0 Å². The Bertz CT molecular complexity index is 216. The first kappa shape index (κ1) is 13.4. The average molecular weight is 212 g/mol. The fourth-order valence-electron chi connectivity index (χ4n) is 0.475. The van der Waals surface area contributed by atoms with Gasteiger partial charge in [0, 0.05) is 0 Å². The van der Waals surface area contributed by atoms with E-state index in [-0.39, 0.29) is 0 Å². The Hall–Kier alpha value is -0.650. The smallest absolute Gasteiger partial charge is 0.379 e. The van der Waals surface area contributed by atoms with E-state index in [0.29, 0.717) is 6.92 Å². The molecule has 0 amide bonds. The van der Waals surface area contributed by atoms with E-state index in [1.54, 1.807) is 20.8 Å². The molecule has 1 unspecified atom stereocenters. The van der Waals surface area contributed by atoms with Crippen LogP contribution in [0.4, 0.5) is 13.2 Å². The minimum absolute atomic E-state index is 0.526. The molecule has 1 atom stereocenters. The molecule has 0 saturated heterocycles. The highest BCUT2D eigenvalue weighted by Gasteiger charge is 2.49. The molecular formula is C8H15F3N2O. The zero-order valence-corrected chi connectivity index (χ0v) is 8.68. The maximum absolute atomic E-state index is 12.1. The van der Waals surface area contributed by atoms with Crippen molar-refractivity contribution in [2.45, 2.75) is 45.0 Å². The lowest BCUT2D eigenvalue weighted by atomic mass is 10.1. The fraction of sp³-hybridized carbons (Fsp3) is 1.00. The first-order chi connectivity index (χ1) is 5.96. The van der Waals surface area contributed by atoms with Crippen LogP contribution in [0.5, 0.6) is 0 Å². The van der Waals surface area contributed by atoms with Gasteiger partial charge in [0.2, 0.25) is 0 Å². The van der Waals surface area contributed by atoms with Crippen molar-refractivity contribution in [3.05, 3.63) is 0 Å². The molecule has 0 aromatic rings.